The molecular formula is C22H25ClN6O2. The summed E-state index contributed by atoms with van der Waals surface area (Å²) < 4.78 is 1.04. The number of amides is 1. The minimum absolute atomic E-state index is 0.0385. The van der Waals surface area contributed by atoms with Crippen LogP contribution in [-0.4, -0.2) is 26.7 Å². The van der Waals surface area contributed by atoms with E-state index in [1.54, 1.807) is 6.07 Å². The highest BCUT2D eigenvalue weighted by molar-refractivity contribution is 6.32. The molecule has 4 atom stereocenters. The van der Waals surface area contributed by atoms with Gasteiger partial charge in [0.1, 0.15) is 17.8 Å². The first-order chi connectivity index (χ1) is 14.7. The lowest BCUT2D eigenvalue weighted by molar-refractivity contribution is -0.117. The Balaban J connectivity index is 1.42. The van der Waals surface area contributed by atoms with Gasteiger partial charge < -0.3 is 15.5 Å². The molecule has 5 rings (SSSR count). The molecule has 3 saturated carbocycles. The second kappa shape index (κ2) is 7.97. The molecule has 2 bridgehead atoms. The van der Waals surface area contributed by atoms with Crippen molar-refractivity contribution < 1.29 is 4.79 Å². The van der Waals surface area contributed by atoms with Crippen molar-refractivity contribution in [3.05, 3.63) is 51.3 Å². The molecule has 2 aromatic rings. The molecule has 31 heavy (non-hydrogen) atoms. The molecule has 0 aromatic carbocycles. The molecule has 0 unspecified atom stereocenters. The summed E-state index contributed by atoms with van der Waals surface area (Å²) in [6, 6.07) is 3.33. The summed E-state index contributed by atoms with van der Waals surface area (Å²) in [5, 5.41) is 10.2. The third kappa shape index (κ3) is 3.90. The van der Waals surface area contributed by atoms with Crippen LogP contribution >= 0.6 is 11.6 Å². The average Bonchev–Trinajstić information content (AvgIpc) is 2.74. The Bertz CT molecular complexity index is 1100. The zero-order valence-electron chi connectivity index (χ0n) is 17.7. The Morgan fingerprint density at radius 1 is 1.35 bits per heavy atom. The molecule has 9 heteroatoms. The summed E-state index contributed by atoms with van der Waals surface area (Å²) in [7, 11) is 0. The Morgan fingerprint density at radius 3 is 2.74 bits per heavy atom. The second-order valence-electron chi connectivity index (χ2n) is 9.11. The van der Waals surface area contributed by atoms with Crippen LogP contribution in [0.1, 0.15) is 33.6 Å². The smallest absolute Gasteiger partial charge is 0.288 e. The fourth-order valence-corrected chi connectivity index (χ4v) is 5.28. The van der Waals surface area contributed by atoms with Gasteiger partial charge in [0.2, 0.25) is 5.91 Å². The van der Waals surface area contributed by atoms with Crippen LogP contribution in [0.25, 0.3) is 4.85 Å². The van der Waals surface area contributed by atoms with Gasteiger partial charge in [0, 0.05) is 6.04 Å². The molecule has 3 aliphatic rings. The van der Waals surface area contributed by atoms with E-state index in [2.05, 4.69) is 46.3 Å². The Labute approximate surface area is 185 Å². The predicted octanol–water partition coefficient (Wildman–Crippen LogP) is 3.96. The lowest BCUT2D eigenvalue weighted by Crippen LogP contribution is -2.58. The van der Waals surface area contributed by atoms with Gasteiger partial charge in [0.05, 0.1) is 17.6 Å². The van der Waals surface area contributed by atoms with Gasteiger partial charge >= 0.3 is 0 Å². The van der Waals surface area contributed by atoms with Crippen LogP contribution in [0.15, 0.2) is 29.3 Å². The van der Waals surface area contributed by atoms with Crippen LogP contribution in [0, 0.1) is 29.7 Å². The first-order valence-electron chi connectivity index (χ1n) is 10.4. The number of pyridine rings is 1. The van der Waals surface area contributed by atoms with Crippen molar-refractivity contribution in [1.29, 1.82) is 0 Å². The normalized spacial score (nSPS) is 25.8. The predicted molar refractivity (Wildman–Crippen MR) is 119 cm³/mol. The maximum atomic E-state index is 12.7. The first-order valence-corrected chi connectivity index (χ1v) is 10.7. The molecule has 162 valence electrons. The van der Waals surface area contributed by atoms with Crippen molar-refractivity contribution in [3.63, 3.8) is 0 Å². The van der Waals surface area contributed by atoms with E-state index in [0.717, 1.165) is 11.1 Å². The van der Waals surface area contributed by atoms with Crippen LogP contribution < -0.4 is 16.2 Å². The van der Waals surface area contributed by atoms with Crippen LogP contribution in [0.2, 0.25) is 5.02 Å². The average molecular weight is 441 g/mol. The van der Waals surface area contributed by atoms with Gasteiger partial charge in [-0.2, -0.15) is 5.10 Å². The molecule has 3 fully saturated rings. The molecule has 0 saturated heterocycles. The number of aromatic nitrogens is 3. The van der Waals surface area contributed by atoms with Crippen LogP contribution in [0.4, 0.5) is 17.2 Å². The van der Waals surface area contributed by atoms with Crippen LogP contribution in [0.3, 0.4) is 0 Å². The molecule has 2 aromatic heterocycles. The topological polar surface area (TPSA) is 93.3 Å². The van der Waals surface area contributed by atoms with Gasteiger partial charge in [-0.1, -0.05) is 38.9 Å². The summed E-state index contributed by atoms with van der Waals surface area (Å²) in [5.74, 6) is 1.62. The van der Waals surface area contributed by atoms with Gasteiger partial charge in [0.25, 0.3) is 11.4 Å². The Morgan fingerprint density at radius 2 is 2.13 bits per heavy atom. The van der Waals surface area contributed by atoms with Crippen molar-refractivity contribution in [3.8, 4) is 0 Å². The van der Waals surface area contributed by atoms with Gasteiger partial charge in [0.15, 0.2) is 0 Å². The first kappa shape index (κ1) is 21.3. The van der Waals surface area contributed by atoms with Crippen molar-refractivity contribution in [2.45, 2.75) is 46.2 Å². The van der Waals surface area contributed by atoms with E-state index in [1.165, 1.54) is 24.9 Å². The summed E-state index contributed by atoms with van der Waals surface area (Å²) in [6.45, 7) is 13.6. The zero-order chi connectivity index (χ0) is 22.3. The minimum Gasteiger partial charge on any atom is -0.379 e. The Hall–Kier alpha value is -2.92. The van der Waals surface area contributed by atoms with E-state index in [-0.39, 0.29) is 23.4 Å². The van der Waals surface area contributed by atoms with E-state index >= 15 is 0 Å². The molecule has 0 radical (unpaired) electrons. The van der Waals surface area contributed by atoms with Crippen LogP contribution in [-0.2, 0) is 11.3 Å². The quantitative estimate of drug-likeness (QED) is 0.686. The van der Waals surface area contributed by atoms with Crippen molar-refractivity contribution in [2.24, 2.45) is 23.2 Å². The molecule has 8 nitrogen and oxygen atoms in total. The number of anilines is 2. The lowest BCUT2D eigenvalue weighted by Gasteiger charge is -2.62. The third-order valence-electron chi connectivity index (χ3n) is 7.12. The lowest BCUT2D eigenvalue weighted by atomic mass is 9.45. The fourth-order valence-electron chi connectivity index (χ4n) is 5.08. The molecule has 3 aliphatic carbocycles. The van der Waals surface area contributed by atoms with Crippen molar-refractivity contribution in [2.75, 3.05) is 10.6 Å². The van der Waals surface area contributed by atoms with Gasteiger partial charge in [-0.15, -0.1) is 4.98 Å². The van der Waals surface area contributed by atoms with E-state index in [1.807, 2.05) is 0 Å². The van der Waals surface area contributed by atoms with Gasteiger partial charge in [-0.3, -0.25) is 9.59 Å². The number of carbonyl (C=O) groups excluding carboxylic acids is 1. The number of nitrogens with one attached hydrogen (secondary N) is 2. The standard InChI is InChI=1S/C22H25ClN6O2/c1-12-15-7-13(22(15,2)3)8-16(12)28-17-10-26-29(21(31)20(17)23)11-19(30)27-14-5-6-18(24-4)25-9-14/h5-6,9-10,12-13,15-16,28H,7-8,11H2,1-3H3,(H,27,30)/t12-,13+,15-,16-/m1/s1. The van der Waals surface area contributed by atoms with Gasteiger partial charge in [-0.05, 0) is 48.1 Å². The molecule has 0 spiro atoms. The summed E-state index contributed by atoms with van der Waals surface area (Å²) in [5.41, 5.74) is 0.806. The number of fused-ring (bicyclic) bond motifs is 2. The summed E-state index contributed by atoms with van der Waals surface area (Å²) in [6.07, 6.45) is 5.22. The second-order valence-corrected chi connectivity index (χ2v) is 9.48. The van der Waals surface area contributed by atoms with Gasteiger partial charge in [-0.25, -0.2) is 4.68 Å². The number of carbonyl (C=O) groups is 1. The third-order valence-corrected chi connectivity index (χ3v) is 7.48. The molecule has 2 N–H and O–H groups in total. The maximum absolute atomic E-state index is 12.7. The fraction of sp³-hybridized carbons (Fsp3) is 0.500. The zero-order valence-corrected chi connectivity index (χ0v) is 18.5. The van der Waals surface area contributed by atoms with Crippen LogP contribution in [0.5, 0.6) is 0 Å². The minimum atomic E-state index is -0.516. The monoisotopic (exact) mass is 440 g/mol. The summed E-state index contributed by atoms with van der Waals surface area (Å²) >= 11 is 6.34. The molecule has 2 heterocycles. The molecular weight excluding hydrogens is 416 g/mol. The number of nitrogens with zero attached hydrogens (tertiary/aromatic N) is 4. The maximum Gasteiger partial charge on any atom is 0.288 e. The number of rotatable bonds is 5. The van der Waals surface area contributed by atoms with E-state index in [9.17, 15) is 9.59 Å². The Kier molecular flexibility index (Phi) is 5.48. The number of hydrogen-bond donors (Lipinski definition) is 2. The number of hydrogen-bond acceptors (Lipinski definition) is 5. The van der Waals surface area contributed by atoms with E-state index < -0.39 is 11.5 Å². The van der Waals surface area contributed by atoms with Crippen molar-refractivity contribution in [1.82, 2.24) is 14.8 Å². The highest BCUT2D eigenvalue weighted by atomic mass is 35.5. The van der Waals surface area contributed by atoms with E-state index in [4.69, 9.17) is 18.2 Å². The van der Waals surface area contributed by atoms with E-state index in [0.29, 0.717) is 34.5 Å². The summed E-state index contributed by atoms with van der Waals surface area (Å²) in [4.78, 5) is 32.0. The SMILES string of the molecule is [C-]#[N+]c1ccc(NC(=O)Cn2ncc(N[C@@H]3C[C@@H]4C[C@H]([C@H]3C)C4(C)C)c(Cl)c2=O)cn1. The molecule has 0 aliphatic heterocycles. The molecule has 1 amide bonds. The number of halogens is 1. The largest absolute Gasteiger partial charge is 0.379 e. The van der Waals surface area contributed by atoms with Crippen molar-refractivity contribution >= 4 is 34.7 Å². The highest BCUT2D eigenvalue weighted by Gasteiger charge is 2.56. The highest BCUT2D eigenvalue weighted by Crippen LogP contribution is 2.61.